The summed E-state index contributed by atoms with van der Waals surface area (Å²) in [5, 5.41) is 10.6. The number of amides is 3. The first kappa shape index (κ1) is 20.6. The lowest BCUT2D eigenvalue weighted by Crippen LogP contribution is -2.39. The SMILES string of the molecule is O=C(O)CCCCCNC(=O)CN1C(=O)S/C(=C\c2ccc(F)cc2)C1=O. The molecule has 0 aliphatic carbocycles. The van der Waals surface area contributed by atoms with Crippen LogP contribution in [-0.2, 0) is 14.4 Å². The molecule has 27 heavy (non-hydrogen) atoms. The van der Waals surface area contributed by atoms with Crippen molar-refractivity contribution in [2.24, 2.45) is 0 Å². The zero-order chi connectivity index (χ0) is 19.8. The number of hydrogen-bond donors (Lipinski definition) is 2. The molecule has 1 aliphatic heterocycles. The van der Waals surface area contributed by atoms with Gasteiger partial charge in [0.1, 0.15) is 12.4 Å². The summed E-state index contributed by atoms with van der Waals surface area (Å²) in [7, 11) is 0. The number of carboxylic acid groups (broad SMARTS) is 1. The molecule has 7 nitrogen and oxygen atoms in total. The largest absolute Gasteiger partial charge is 0.481 e. The summed E-state index contributed by atoms with van der Waals surface area (Å²) < 4.78 is 12.9. The third-order valence-electron chi connectivity index (χ3n) is 3.73. The van der Waals surface area contributed by atoms with Crippen LogP contribution in [0, 0.1) is 5.82 Å². The maximum Gasteiger partial charge on any atom is 0.303 e. The Balaban J connectivity index is 1.81. The van der Waals surface area contributed by atoms with Gasteiger partial charge in [-0.3, -0.25) is 24.1 Å². The number of thioether (sulfide) groups is 1. The van der Waals surface area contributed by atoms with Crippen LogP contribution in [0.1, 0.15) is 31.2 Å². The molecule has 144 valence electrons. The highest BCUT2D eigenvalue weighted by atomic mass is 32.2. The number of rotatable bonds is 9. The fourth-order valence-electron chi connectivity index (χ4n) is 2.35. The van der Waals surface area contributed by atoms with E-state index in [2.05, 4.69) is 5.32 Å². The van der Waals surface area contributed by atoms with E-state index < -0.39 is 28.8 Å². The second-order valence-corrected chi connectivity index (χ2v) is 6.87. The Labute approximate surface area is 159 Å². The Morgan fingerprint density at radius 2 is 1.85 bits per heavy atom. The fourth-order valence-corrected chi connectivity index (χ4v) is 3.19. The second-order valence-electron chi connectivity index (χ2n) is 5.87. The summed E-state index contributed by atoms with van der Waals surface area (Å²) in [5.41, 5.74) is 0.577. The number of carboxylic acids is 1. The number of carbonyl (C=O) groups excluding carboxylic acids is 3. The Kier molecular flexibility index (Phi) is 7.54. The van der Waals surface area contributed by atoms with Crippen LogP contribution in [0.5, 0.6) is 0 Å². The number of nitrogens with zero attached hydrogens (tertiary/aromatic N) is 1. The van der Waals surface area contributed by atoms with Crippen molar-refractivity contribution in [1.82, 2.24) is 10.2 Å². The van der Waals surface area contributed by atoms with Gasteiger partial charge in [0.05, 0.1) is 4.91 Å². The van der Waals surface area contributed by atoms with Crippen molar-refractivity contribution in [3.63, 3.8) is 0 Å². The number of carbonyl (C=O) groups is 4. The van der Waals surface area contributed by atoms with Crippen LogP contribution in [0.15, 0.2) is 29.2 Å². The molecule has 1 aromatic carbocycles. The van der Waals surface area contributed by atoms with Gasteiger partial charge >= 0.3 is 5.97 Å². The molecule has 0 saturated carbocycles. The molecular weight excluding hydrogens is 375 g/mol. The first-order valence-electron chi connectivity index (χ1n) is 8.36. The third-order valence-corrected chi connectivity index (χ3v) is 4.64. The smallest absolute Gasteiger partial charge is 0.303 e. The van der Waals surface area contributed by atoms with E-state index in [0.717, 1.165) is 16.7 Å². The standard InChI is InChI=1S/C18H19FN2O5S/c19-13-7-5-12(6-8-13)10-14-17(25)21(18(26)27-14)11-15(22)20-9-3-1-2-4-16(23)24/h5-8,10H,1-4,9,11H2,(H,20,22)(H,23,24)/b14-10-. The number of benzene rings is 1. The van der Waals surface area contributed by atoms with Crippen molar-refractivity contribution >= 4 is 40.9 Å². The van der Waals surface area contributed by atoms with E-state index in [1.54, 1.807) is 0 Å². The van der Waals surface area contributed by atoms with Crippen molar-refractivity contribution < 1.29 is 28.7 Å². The average molecular weight is 394 g/mol. The van der Waals surface area contributed by atoms with Gasteiger partial charge in [0.25, 0.3) is 11.1 Å². The Morgan fingerprint density at radius 1 is 1.15 bits per heavy atom. The highest BCUT2D eigenvalue weighted by Gasteiger charge is 2.36. The number of unbranched alkanes of at least 4 members (excludes halogenated alkanes) is 2. The van der Waals surface area contributed by atoms with E-state index in [1.165, 1.54) is 30.3 Å². The number of hydrogen-bond acceptors (Lipinski definition) is 5. The second kappa shape index (κ2) is 9.86. The van der Waals surface area contributed by atoms with Crippen LogP contribution in [-0.4, -0.2) is 46.1 Å². The highest BCUT2D eigenvalue weighted by molar-refractivity contribution is 8.18. The van der Waals surface area contributed by atoms with E-state index in [-0.39, 0.29) is 17.9 Å². The summed E-state index contributed by atoms with van der Waals surface area (Å²) >= 11 is 0.730. The minimum atomic E-state index is -0.855. The summed E-state index contributed by atoms with van der Waals surface area (Å²) in [4.78, 5) is 47.6. The van der Waals surface area contributed by atoms with E-state index >= 15 is 0 Å². The minimum Gasteiger partial charge on any atom is -0.481 e. The van der Waals surface area contributed by atoms with Gasteiger partial charge in [-0.05, 0) is 48.4 Å². The molecule has 9 heteroatoms. The maximum absolute atomic E-state index is 12.9. The van der Waals surface area contributed by atoms with Crippen LogP contribution in [0.2, 0.25) is 0 Å². The van der Waals surface area contributed by atoms with Crippen molar-refractivity contribution in [1.29, 1.82) is 0 Å². The summed E-state index contributed by atoms with van der Waals surface area (Å²) in [6.45, 7) is -0.0271. The van der Waals surface area contributed by atoms with Gasteiger partial charge in [-0.25, -0.2) is 4.39 Å². The first-order chi connectivity index (χ1) is 12.9. The van der Waals surface area contributed by atoms with E-state index in [0.29, 0.717) is 31.4 Å². The average Bonchev–Trinajstić information content (AvgIpc) is 2.87. The monoisotopic (exact) mass is 394 g/mol. The van der Waals surface area contributed by atoms with Gasteiger partial charge in [0.2, 0.25) is 5.91 Å². The molecular formula is C18H19FN2O5S. The Hall–Kier alpha value is -2.68. The summed E-state index contributed by atoms with van der Waals surface area (Å²) in [5.74, 6) is -2.28. The molecule has 0 radical (unpaired) electrons. The number of nitrogens with one attached hydrogen (secondary N) is 1. The topological polar surface area (TPSA) is 104 Å². The summed E-state index contributed by atoms with van der Waals surface area (Å²) in [6.07, 6.45) is 3.37. The van der Waals surface area contributed by atoms with Crippen molar-refractivity contribution in [2.45, 2.75) is 25.7 Å². The molecule has 0 spiro atoms. The normalized spacial score (nSPS) is 15.4. The molecule has 1 heterocycles. The lowest BCUT2D eigenvalue weighted by molar-refractivity contribution is -0.137. The molecule has 1 aromatic rings. The van der Waals surface area contributed by atoms with Gasteiger partial charge in [0, 0.05) is 13.0 Å². The number of aliphatic carboxylic acids is 1. The predicted molar refractivity (Wildman–Crippen MR) is 98.2 cm³/mol. The molecule has 1 saturated heterocycles. The zero-order valence-corrected chi connectivity index (χ0v) is 15.3. The quantitative estimate of drug-likeness (QED) is 0.493. The third kappa shape index (κ3) is 6.52. The van der Waals surface area contributed by atoms with Crippen LogP contribution >= 0.6 is 11.8 Å². The lowest BCUT2D eigenvalue weighted by atomic mass is 10.2. The lowest BCUT2D eigenvalue weighted by Gasteiger charge is -2.12. The highest BCUT2D eigenvalue weighted by Crippen LogP contribution is 2.31. The molecule has 3 amide bonds. The molecule has 2 rings (SSSR count). The zero-order valence-electron chi connectivity index (χ0n) is 14.4. The number of halogens is 1. The van der Waals surface area contributed by atoms with Crippen molar-refractivity contribution in [3.05, 3.63) is 40.6 Å². The van der Waals surface area contributed by atoms with E-state index in [1.807, 2.05) is 0 Å². The molecule has 0 aromatic heterocycles. The van der Waals surface area contributed by atoms with Crippen molar-refractivity contribution in [3.8, 4) is 0 Å². The van der Waals surface area contributed by atoms with Crippen molar-refractivity contribution in [2.75, 3.05) is 13.1 Å². The Bertz CT molecular complexity index is 764. The molecule has 2 N–H and O–H groups in total. The molecule has 0 unspecified atom stereocenters. The summed E-state index contributed by atoms with van der Waals surface area (Å²) in [6, 6.07) is 5.47. The van der Waals surface area contributed by atoms with Gasteiger partial charge < -0.3 is 10.4 Å². The van der Waals surface area contributed by atoms with Crippen LogP contribution in [0.3, 0.4) is 0 Å². The van der Waals surface area contributed by atoms with Crippen LogP contribution < -0.4 is 5.32 Å². The Morgan fingerprint density at radius 3 is 2.52 bits per heavy atom. The van der Waals surface area contributed by atoms with Crippen LogP contribution in [0.25, 0.3) is 6.08 Å². The molecule has 0 atom stereocenters. The first-order valence-corrected chi connectivity index (χ1v) is 9.18. The minimum absolute atomic E-state index is 0.0884. The van der Waals surface area contributed by atoms with Gasteiger partial charge in [0.15, 0.2) is 0 Å². The van der Waals surface area contributed by atoms with E-state index in [4.69, 9.17) is 5.11 Å². The molecule has 1 fully saturated rings. The number of imide groups is 1. The van der Waals surface area contributed by atoms with E-state index in [9.17, 15) is 23.6 Å². The van der Waals surface area contributed by atoms with Gasteiger partial charge in [-0.1, -0.05) is 18.6 Å². The predicted octanol–water partition coefficient (Wildman–Crippen LogP) is 2.62. The fraction of sp³-hybridized carbons (Fsp3) is 0.333. The van der Waals surface area contributed by atoms with Crippen LogP contribution in [0.4, 0.5) is 9.18 Å². The maximum atomic E-state index is 12.9. The van der Waals surface area contributed by atoms with Gasteiger partial charge in [-0.15, -0.1) is 0 Å². The van der Waals surface area contributed by atoms with Gasteiger partial charge in [-0.2, -0.15) is 0 Å². The molecule has 1 aliphatic rings. The molecule has 0 bridgehead atoms.